The van der Waals surface area contributed by atoms with E-state index in [1.54, 1.807) is 35.6 Å². The fourth-order valence-corrected chi connectivity index (χ4v) is 3.36. The number of hydrogen-bond acceptors (Lipinski definition) is 4. The van der Waals surface area contributed by atoms with E-state index < -0.39 is 6.10 Å². The number of thiophene rings is 1. The van der Waals surface area contributed by atoms with Gasteiger partial charge in [0.1, 0.15) is 18.5 Å². The molecule has 0 aliphatic carbocycles. The average molecular weight is 391 g/mol. The van der Waals surface area contributed by atoms with E-state index in [1.165, 1.54) is 4.88 Å². The number of nitrogens with one attached hydrogen (secondary N) is 1. The van der Waals surface area contributed by atoms with Gasteiger partial charge in [-0.25, -0.2) is 0 Å². The van der Waals surface area contributed by atoms with E-state index in [2.05, 4.69) is 33.4 Å². The van der Waals surface area contributed by atoms with Gasteiger partial charge in [0.05, 0.1) is 3.79 Å². The fourth-order valence-electron chi connectivity index (χ4n) is 1.75. The van der Waals surface area contributed by atoms with Gasteiger partial charge in [0.25, 0.3) is 0 Å². The Balaban J connectivity index is 1.59. The lowest BCUT2D eigenvalue weighted by Gasteiger charge is -2.13. The molecule has 1 atom stereocenters. The number of aliphatic hydroxyl groups excluding tert-OH is 1. The Morgan fingerprint density at radius 1 is 1.24 bits per heavy atom. The minimum absolute atomic E-state index is 0.263. The van der Waals surface area contributed by atoms with Gasteiger partial charge in [0, 0.05) is 23.0 Å². The summed E-state index contributed by atoms with van der Waals surface area (Å²) in [6.45, 7) is 1.62. The van der Waals surface area contributed by atoms with Crippen LogP contribution in [0.4, 0.5) is 0 Å². The number of aliphatic hydroxyl groups is 1. The minimum Gasteiger partial charge on any atom is -0.491 e. The Labute approximate surface area is 142 Å². The Morgan fingerprint density at radius 3 is 2.67 bits per heavy atom. The van der Waals surface area contributed by atoms with Crippen LogP contribution < -0.4 is 10.1 Å². The lowest BCUT2D eigenvalue weighted by molar-refractivity contribution is 0.106. The van der Waals surface area contributed by atoms with Gasteiger partial charge in [-0.3, -0.25) is 0 Å². The molecule has 3 nitrogen and oxygen atoms in total. The maximum Gasteiger partial charge on any atom is 0.119 e. The molecule has 6 heteroatoms. The molecular formula is C15H17BrClNO2S. The first-order valence-electron chi connectivity index (χ1n) is 6.65. The maximum atomic E-state index is 9.85. The maximum absolute atomic E-state index is 9.85. The smallest absolute Gasteiger partial charge is 0.119 e. The highest BCUT2D eigenvalue weighted by atomic mass is 79.9. The fraction of sp³-hybridized carbons (Fsp3) is 0.333. The van der Waals surface area contributed by atoms with Crippen molar-refractivity contribution in [2.24, 2.45) is 0 Å². The summed E-state index contributed by atoms with van der Waals surface area (Å²) < 4.78 is 6.64. The van der Waals surface area contributed by atoms with E-state index in [0.717, 1.165) is 16.8 Å². The quantitative estimate of drug-likeness (QED) is 0.675. The molecule has 0 aliphatic rings. The lowest BCUT2D eigenvalue weighted by Crippen LogP contribution is -2.32. The highest BCUT2D eigenvalue weighted by Crippen LogP contribution is 2.22. The van der Waals surface area contributed by atoms with Crippen LogP contribution >= 0.6 is 38.9 Å². The van der Waals surface area contributed by atoms with Crippen molar-refractivity contribution in [1.82, 2.24) is 5.32 Å². The van der Waals surface area contributed by atoms with Gasteiger partial charge in [0.15, 0.2) is 0 Å². The van der Waals surface area contributed by atoms with Crippen LogP contribution in [0.2, 0.25) is 5.02 Å². The van der Waals surface area contributed by atoms with Crippen LogP contribution in [0.1, 0.15) is 4.88 Å². The number of rotatable bonds is 8. The number of hydrogen-bond donors (Lipinski definition) is 2. The standard InChI is InChI=1S/C15H17BrClNO2S/c16-15-6-5-14(21-15)7-8-18-9-12(19)10-20-13-3-1-11(17)2-4-13/h1-6,12,18-19H,7-10H2. The molecule has 0 fully saturated rings. The molecule has 2 aromatic rings. The van der Waals surface area contributed by atoms with E-state index in [9.17, 15) is 5.11 Å². The SMILES string of the molecule is OC(CNCCc1ccc(Br)s1)COc1ccc(Cl)cc1. The summed E-state index contributed by atoms with van der Waals surface area (Å²) >= 11 is 11.0. The highest BCUT2D eigenvalue weighted by Gasteiger charge is 2.05. The van der Waals surface area contributed by atoms with Gasteiger partial charge < -0.3 is 15.2 Å². The molecule has 1 heterocycles. The van der Waals surface area contributed by atoms with E-state index in [0.29, 0.717) is 17.3 Å². The Morgan fingerprint density at radius 2 is 2.00 bits per heavy atom. The van der Waals surface area contributed by atoms with E-state index in [1.807, 2.05) is 0 Å². The summed E-state index contributed by atoms with van der Waals surface area (Å²) in [5.41, 5.74) is 0. The van der Waals surface area contributed by atoms with Crippen molar-refractivity contribution in [2.75, 3.05) is 19.7 Å². The van der Waals surface area contributed by atoms with E-state index in [4.69, 9.17) is 16.3 Å². The van der Waals surface area contributed by atoms with Crippen LogP contribution in [0.3, 0.4) is 0 Å². The summed E-state index contributed by atoms with van der Waals surface area (Å²) in [4.78, 5) is 1.32. The van der Waals surface area contributed by atoms with Crippen molar-refractivity contribution >= 4 is 38.9 Å². The predicted octanol–water partition coefficient (Wildman–Crippen LogP) is 3.74. The summed E-state index contributed by atoms with van der Waals surface area (Å²) in [5.74, 6) is 0.710. The third kappa shape index (κ3) is 6.36. The second kappa shape index (κ2) is 8.76. The molecule has 1 unspecified atom stereocenters. The molecule has 0 spiro atoms. The molecule has 114 valence electrons. The predicted molar refractivity (Wildman–Crippen MR) is 91.5 cm³/mol. The first-order chi connectivity index (χ1) is 10.1. The van der Waals surface area contributed by atoms with Crippen molar-refractivity contribution in [1.29, 1.82) is 0 Å². The van der Waals surface area contributed by atoms with Crippen LogP contribution in [-0.4, -0.2) is 30.9 Å². The van der Waals surface area contributed by atoms with Crippen LogP contribution in [0.25, 0.3) is 0 Å². The van der Waals surface area contributed by atoms with Crippen molar-refractivity contribution < 1.29 is 9.84 Å². The molecule has 0 amide bonds. The Kier molecular flexibility index (Phi) is 6.99. The number of benzene rings is 1. The van der Waals surface area contributed by atoms with Gasteiger partial charge in [-0.2, -0.15) is 0 Å². The Bertz CT molecular complexity index is 547. The largest absolute Gasteiger partial charge is 0.491 e. The first kappa shape index (κ1) is 16.8. The second-order valence-electron chi connectivity index (χ2n) is 4.58. The summed E-state index contributed by atoms with van der Waals surface area (Å²) in [6.07, 6.45) is 0.428. The molecule has 1 aromatic carbocycles. The summed E-state index contributed by atoms with van der Waals surface area (Å²) in [5, 5.41) is 13.7. The molecule has 0 saturated heterocycles. The normalized spacial score (nSPS) is 12.3. The number of ether oxygens (including phenoxy) is 1. The zero-order chi connectivity index (χ0) is 15.1. The van der Waals surface area contributed by atoms with E-state index in [-0.39, 0.29) is 6.61 Å². The molecule has 0 saturated carbocycles. The van der Waals surface area contributed by atoms with Gasteiger partial charge in [-0.1, -0.05) is 11.6 Å². The molecule has 1 aromatic heterocycles. The number of halogens is 2. The van der Waals surface area contributed by atoms with Crippen LogP contribution in [0.5, 0.6) is 5.75 Å². The molecular weight excluding hydrogens is 374 g/mol. The average Bonchev–Trinajstić information content (AvgIpc) is 2.89. The highest BCUT2D eigenvalue weighted by molar-refractivity contribution is 9.11. The zero-order valence-corrected chi connectivity index (χ0v) is 14.5. The monoisotopic (exact) mass is 389 g/mol. The molecule has 0 aliphatic heterocycles. The van der Waals surface area contributed by atoms with E-state index >= 15 is 0 Å². The van der Waals surface area contributed by atoms with Crippen molar-refractivity contribution in [3.63, 3.8) is 0 Å². The van der Waals surface area contributed by atoms with Gasteiger partial charge in [0.2, 0.25) is 0 Å². The molecule has 0 radical (unpaired) electrons. The topological polar surface area (TPSA) is 41.5 Å². The Hall–Kier alpha value is -0.590. The second-order valence-corrected chi connectivity index (χ2v) is 7.56. The minimum atomic E-state index is -0.532. The third-order valence-corrected chi connectivity index (χ3v) is 4.75. The van der Waals surface area contributed by atoms with Crippen molar-refractivity contribution in [3.05, 3.63) is 50.1 Å². The molecule has 2 N–H and O–H groups in total. The van der Waals surface area contributed by atoms with Crippen molar-refractivity contribution in [3.8, 4) is 5.75 Å². The summed E-state index contributed by atoms with van der Waals surface area (Å²) in [7, 11) is 0. The van der Waals surface area contributed by atoms with Gasteiger partial charge in [-0.15, -0.1) is 11.3 Å². The van der Waals surface area contributed by atoms with Crippen LogP contribution in [0, 0.1) is 0 Å². The molecule has 21 heavy (non-hydrogen) atoms. The lowest BCUT2D eigenvalue weighted by atomic mass is 10.3. The third-order valence-electron chi connectivity index (χ3n) is 2.81. The van der Waals surface area contributed by atoms with Crippen LogP contribution in [0.15, 0.2) is 40.2 Å². The zero-order valence-electron chi connectivity index (χ0n) is 11.4. The van der Waals surface area contributed by atoms with Crippen LogP contribution in [-0.2, 0) is 6.42 Å². The van der Waals surface area contributed by atoms with Gasteiger partial charge >= 0.3 is 0 Å². The van der Waals surface area contributed by atoms with Crippen molar-refractivity contribution in [2.45, 2.75) is 12.5 Å². The first-order valence-corrected chi connectivity index (χ1v) is 8.63. The van der Waals surface area contributed by atoms with Gasteiger partial charge in [-0.05, 0) is 58.7 Å². The summed E-state index contributed by atoms with van der Waals surface area (Å²) in [6, 6.07) is 11.3. The molecule has 0 bridgehead atoms. The molecule has 2 rings (SSSR count).